The van der Waals surface area contributed by atoms with Crippen LogP contribution in [0.25, 0.3) is 0 Å². The topological polar surface area (TPSA) is 38.3 Å². The van der Waals surface area contributed by atoms with Gasteiger partial charge in [-0.2, -0.15) is 0 Å². The van der Waals surface area contributed by atoms with Crippen LogP contribution in [-0.2, 0) is 9.53 Å². The maximum atomic E-state index is 11.8. The average Bonchev–Trinajstić information content (AvgIpc) is 2.39. The SMILES string of the molecule is COC(=O)C1CCCNC1c1ccc(C)cc1. The summed E-state index contributed by atoms with van der Waals surface area (Å²) in [5.41, 5.74) is 2.41. The Hall–Kier alpha value is -1.35. The molecule has 1 fully saturated rings. The van der Waals surface area contributed by atoms with E-state index in [0.717, 1.165) is 19.4 Å². The number of methoxy groups -OCH3 is 1. The molecule has 1 aromatic carbocycles. The van der Waals surface area contributed by atoms with Crippen molar-refractivity contribution in [3.63, 3.8) is 0 Å². The number of carbonyl (C=O) groups is 1. The minimum Gasteiger partial charge on any atom is -0.469 e. The Bertz CT molecular complexity index is 386. The second-order valence-corrected chi connectivity index (χ2v) is 4.61. The van der Waals surface area contributed by atoms with Gasteiger partial charge in [0.15, 0.2) is 0 Å². The molecule has 3 heteroatoms. The van der Waals surface area contributed by atoms with Crippen LogP contribution in [0.5, 0.6) is 0 Å². The summed E-state index contributed by atoms with van der Waals surface area (Å²) >= 11 is 0. The molecule has 1 heterocycles. The number of carbonyl (C=O) groups excluding carboxylic acids is 1. The van der Waals surface area contributed by atoms with Gasteiger partial charge in [-0.25, -0.2) is 0 Å². The number of hydrogen-bond donors (Lipinski definition) is 1. The standard InChI is InChI=1S/C14H19NO2/c1-10-5-7-11(8-6-10)13-12(14(16)17-2)4-3-9-15-13/h5-8,12-13,15H,3-4,9H2,1-2H3. The number of hydrogen-bond acceptors (Lipinski definition) is 3. The third-order valence-electron chi connectivity index (χ3n) is 3.40. The van der Waals surface area contributed by atoms with E-state index in [9.17, 15) is 4.79 Å². The first kappa shape index (κ1) is 12.1. The molecule has 0 bridgehead atoms. The van der Waals surface area contributed by atoms with Gasteiger partial charge in [0, 0.05) is 6.04 Å². The van der Waals surface area contributed by atoms with Crippen LogP contribution < -0.4 is 5.32 Å². The number of rotatable bonds is 2. The van der Waals surface area contributed by atoms with E-state index in [1.54, 1.807) is 0 Å². The van der Waals surface area contributed by atoms with E-state index in [0.29, 0.717) is 0 Å². The second-order valence-electron chi connectivity index (χ2n) is 4.61. The summed E-state index contributed by atoms with van der Waals surface area (Å²) in [4.78, 5) is 11.8. The Morgan fingerprint density at radius 1 is 1.35 bits per heavy atom. The number of aryl methyl sites for hydroxylation is 1. The van der Waals surface area contributed by atoms with Crippen LogP contribution in [0.15, 0.2) is 24.3 Å². The maximum Gasteiger partial charge on any atom is 0.310 e. The molecule has 0 spiro atoms. The van der Waals surface area contributed by atoms with Crippen molar-refractivity contribution < 1.29 is 9.53 Å². The molecular weight excluding hydrogens is 214 g/mol. The lowest BCUT2D eigenvalue weighted by molar-refractivity contribution is -0.147. The van der Waals surface area contributed by atoms with E-state index in [1.807, 2.05) is 0 Å². The van der Waals surface area contributed by atoms with Gasteiger partial charge in [0.1, 0.15) is 0 Å². The molecule has 1 N–H and O–H groups in total. The van der Waals surface area contributed by atoms with Gasteiger partial charge < -0.3 is 10.1 Å². The zero-order valence-corrected chi connectivity index (χ0v) is 10.4. The molecular formula is C14H19NO2. The van der Waals surface area contributed by atoms with Crippen LogP contribution in [-0.4, -0.2) is 19.6 Å². The lowest BCUT2D eigenvalue weighted by Gasteiger charge is -2.31. The minimum absolute atomic E-state index is 0.0588. The van der Waals surface area contributed by atoms with Crippen LogP contribution in [0.3, 0.4) is 0 Å². The second kappa shape index (κ2) is 5.32. The lowest BCUT2D eigenvalue weighted by Crippen LogP contribution is -2.38. The van der Waals surface area contributed by atoms with Crippen LogP contribution >= 0.6 is 0 Å². The van der Waals surface area contributed by atoms with Crippen molar-refractivity contribution in [3.8, 4) is 0 Å². The number of nitrogens with one attached hydrogen (secondary N) is 1. The van der Waals surface area contributed by atoms with Gasteiger partial charge in [-0.15, -0.1) is 0 Å². The first-order chi connectivity index (χ1) is 8.22. The van der Waals surface area contributed by atoms with E-state index in [-0.39, 0.29) is 17.9 Å². The van der Waals surface area contributed by atoms with Crippen LogP contribution in [0.1, 0.15) is 30.0 Å². The number of piperidine rings is 1. The summed E-state index contributed by atoms with van der Waals surface area (Å²) in [6.45, 7) is 3.03. The Morgan fingerprint density at radius 3 is 2.71 bits per heavy atom. The van der Waals surface area contributed by atoms with Crippen LogP contribution in [0.4, 0.5) is 0 Å². The van der Waals surface area contributed by atoms with E-state index in [1.165, 1.54) is 18.2 Å². The van der Waals surface area contributed by atoms with Gasteiger partial charge in [-0.05, 0) is 31.9 Å². The van der Waals surface area contributed by atoms with E-state index >= 15 is 0 Å². The summed E-state index contributed by atoms with van der Waals surface area (Å²) in [5.74, 6) is -0.167. The Balaban J connectivity index is 2.21. The summed E-state index contributed by atoms with van der Waals surface area (Å²) in [7, 11) is 1.46. The van der Waals surface area contributed by atoms with Crippen molar-refractivity contribution in [1.29, 1.82) is 0 Å². The largest absolute Gasteiger partial charge is 0.469 e. The molecule has 0 amide bonds. The van der Waals surface area contributed by atoms with Crippen molar-refractivity contribution in [2.45, 2.75) is 25.8 Å². The molecule has 17 heavy (non-hydrogen) atoms. The van der Waals surface area contributed by atoms with Gasteiger partial charge in [0.25, 0.3) is 0 Å². The van der Waals surface area contributed by atoms with Crippen molar-refractivity contribution in [3.05, 3.63) is 35.4 Å². The third-order valence-corrected chi connectivity index (χ3v) is 3.40. The van der Waals surface area contributed by atoms with Gasteiger partial charge in [0.2, 0.25) is 0 Å². The highest BCUT2D eigenvalue weighted by Crippen LogP contribution is 2.30. The summed E-state index contributed by atoms with van der Waals surface area (Å²) in [6, 6.07) is 8.44. The van der Waals surface area contributed by atoms with Gasteiger partial charge in [0.05, 0.1) is 13.0 Å². The third kappa shape index (κ3) is 2.67. The molecule has 0 saturated carbocycles. The highest BCUT2D eigenvalue weighted by atomic mass is 16.5. The molecule has 2 unspecified atom stereocenters. The molecule has 1 aromatic rings. The summed E-state index contributed by atoms with van der Waals surface area (Å²) < 4.78 is 4.89. The average molecular weight is 233 g/mol. The van der Waals surface area contributed by atoms with Crippen molar-refractivity contribution in [2.24, 2.45) is 5.92 Å². The molecule has 92 valence electrons. The zero-order chi connectivity index (χ0) is 12.3. The van der Waals surface area contributed by atoms with E-state index in [4.69, 9.17) is 4.74 Å². The Labute approximate surface area is 102 Å². The number of benzene rings is 1. The smallest absolute Gasteiger partial charge is 0.310 e. The fourth-order valence-corrected chi connectivity index (χ4v) is 2.42. The van der Waals surface area contributed by atoms with Crippen LogP contribution in [0.2, 0.25) is 0 Å². The quantitative estimate of drug-likeness (QED) is 0.796. The molecule has 0 radical (unpaired) electrons. The molecule has 3 nitrogen and oxygen atoms in total. The van der Waals surface area contributed by atoms with E-state index < -0.39 is 0 Å². The highest BCUT2D eigenvalue weighted by Gasteiger charge is 2.32. The molecule has 0 aromatic heterocycles. The predicted molar refractivity (Wildman–Crippen MR) is 66.7 cm³/mol. The van der Waals surface area contributed by atoms with E-state index in [2.05, 4.69) is 36.5 Å². The molecule has 0 aliphatic carbocycles. The van der Waals surface area contributed by atoms with Gasteiger partial charge >= 0.3 is 5.97 Å². The molecule has 1 aliphatic rings. The maximum absolute atomic E-state index is 11.8. The fourth-order valence-electron chi connectivity index (χ4n) is 2.42. The fraction of sp³-hybridized carbons (Fsp3) is 0.500. The normalized spacial score (nSPS) is 24.4. The zero-order valence-electron chi connectivity index (χ0n) is 10.4. The first-order valence-corrected chi connectivity index (χ1v) is 6.10. The molecule has 2 rings (SSSR count). The summed E-state index contributed by atoms with van der Waals surface area (Å²) in [5, 5.41) is 3.42. The van der Waals surface area contributed by atoms with Crippen LogP contribution in [0, 0.1) is 12.8 Å². The first-order valence-electron chi connectivity index (χ1n) is 6.10. The Morgan fingerprint density at radius 2 is 2.06 bits per heavy atom. The van der Waals surface area contributed by atoms with Gasteiger partial charge in [-0.1, -0.05) is 29.8 Å². The van der Waals surface area contributed by atoms with Gasteiger partial charge in [-0.3, -0.25) is 4.79 Å². The number of esters is 1. The van der Waals surface area contributed by atoms with Crippen molar-refractivity contribution in [1.82, 2.24) is 5.32 Å². The molecule has 1 saturated heterocycles. The minimum atomic E-state index is -0.109. The summed E-state index contributed by atoms with van der Waals surface area (Å²) in [6.07, 6.45) is 1.93. The molecule has 2 atom stereocenters. The lowest BCUT2D eigenvalue weighted by atomic mass is 9.86. The monoisotopic (exact) mass is 233 g/mol. The van der Waals surface area contributed by atoms with Crippen molar-refractivity contribution >= 4 is 5.97 Å². The predicted octanol–water partition coefficient (Wildman–Crippen LogP) is 2.21. The van der Waals surface area contributed by atoms with Crippen molar-refractivity contribution in [2.75, 3.05) is 13.7 Å². The number of ether oxygens (including phenoxy) is 1. The molecule has 1 aliphatic heterocycles. The highest BCUT2D eigenvalue weighted by molar-refractivity contribution is 5.73. The Kier molecular flexibility index (Phi) is 3.79.